The van der Waals surface area contributed by atoms with E-state index in [4.69, 9.17) is 0 Å². The summed E-state index contributed by atoms with van der Waals surface area (Å²) in [5.41, 5.74) is 4.19. The maximum atomic E-state index is 13.1. The van der Waals surface area contributed by atoms with Gasteiger partial charge in [-0.05, 0) is 53.1 Å². The average molecular weight is 456 g/mol. The molecule has 0 spiro atoms. The number of rotatable bonds is 6. The van der Waals surface area contributed by atoms with Gasteiger partial charge in [0.2, 0.25) is 10.0 Å². The molecule has 1 aromatic heterocycles. The van der Waals surface area contributed by atoms with Crippen LogP contribution in [0.2, 0.25) is 0 Å². The van der Waals surface area contributed by atoms with Crippen LogP contribution in [0.5, 0.6) is 0 Å². The van der Waals surface area contributed by atoms with Crippen molar-refractivity contribution >= 4 is 31.8 Å². The van der Waals surface area contributed by atoms with Crippen molar-refractivity contribution in [2.45, 2.75) is 24.9 Å². The summed E-state index contributed by atoms with van der Waals surface area (Å²) in [5.74, 6) is 0.974. The second kappa shape index (κ2) is 8.46. The quantitative estimate of drug-likeness (QED) is 0.346. The highest BCUT2D eigenvalue weighted by atomic mass is 32.2. The zero-order valence-corrected chi connectivity index (χ0v) is 19.5. The number of aryl methyl sites for hydroxylation is 1. The van der Waals surface area contributed by atoms with E-state index in [2.05, 4.69) is 27.8 Å². The maximum Gasteiger partial charge on any atom is 0.243 e. The first-order valence-electron chi connectivity index (χ1n) is 10.9. The molecule has 0 radical (unpaired) electrons. The third-order valence-corrected chi connectivity index (χ3v) is 7.84. The number of para-hydroxylation sites is 2. The monoisotopic (exact) mass is 455 g/mol. The van der Waals surface area contributed by atoms with Gasteiger partial charge in [0, 0.05) is 20.1 Å². The molecule has 0 aliphatic rings. The average Bonchev–Trinajstić information content (AvgIpc) is 3.14. The third kappa shape index (κ3) is 4.15. The van der Waals surface area contributed by atoms with Crippen LogP contribution in [0.15, 0.2) is 95.9 Å². The Morgan fingerprint density at radius 1 is 0.818 bits per heavy atom. The van der Waals surface area contributed by atoms with Gasteiger partial charge >= 0.3 is 0 Å². The Balaban J connectivity index is 1.33. The van der Waals surface area contributed by atoms with E-state index in [0.717, 1.165) is 45.3 Å². The van der Waals surface area contributed by atoms with Gasteiger partial charge in [0.15, 0.2) is 0 Å². The smallest absolute Gasteiger partial charge is 0.243 e. The summed E-state index contributed by atoms with van der Waals surface area (Å²) in [4.78, 5) is 4.94. The number of nitrogens with zero attached hydrogens (tertiary/aromatic N) is 3. The molecule has 5 rings (SSSR count). The van der Waals surface area contributed by atoms with Gasteiger partial charge in [-0.25, -0.2) is 13.4 Å². The molecule has 0 aliphatic heterocycles. The van der Waals surface area contributed by atoms with Gasteiger partial charge < -0.3 is 4.57 Å². The van der Waals surface area contributed by atoms with E-state index < -0.39 is 10.0 Å². The first-order chi connectivity index (χ1) is 15.9. The summed E-state index contributed by atoms with van der Waals surface area (Å²) in [6.45, 7) is 3.04. The summed E-state index contributed by atoms with van der Waals surface area (Å²) in [6, 6.07) is 29.3. The lowest BCUT2D eigenvalue weighted by molar-refractivity contribution is 0.467. The molecule has 5 aromatic rings. The zero-order chi connectivity index (χ0) is 23.0. The predicted molar refractivity (Wildman–Crippen MR) is 133 cm³/mol. The lowest BCUT2D eigenvalue weighted by Crippen LogP contribution is -2.26. The maximum absolute atomic E-state index is 13.1. The van der Waals surface area contributed by atoms with Crippen molar-refractivity contribution < 1.29 is 8.42 Å². The molecule has 0 amide bonds. The Morgan fingerprint density at radius 2 is 1.48 bits per heavy atom. The van der Waals surface area contributed by atoms with Crippen molar-refractivity contribution in [2.24, 2.45) is 0 Å². The molecule has 1 heterocycles. The fraction of sp³-hybridized carbons (Fsp3) is 0.148. The zero-order valence-electron chi connectivity index (χ0n) is 18.6. The molecule has 5 nitrogen and oxygen atoms in total. The van der Waals surface area contributed by atoms with E-state index in [1.807, 2.05) is 67.6 Å². The second-order valence-corrected chi connectivity index (χ2v) is 10.4. The minimum Gasteiger partial charge on any atom is -0.324 e. The van der Waals surface area contributed by atoms with Crippen LogP contribution in [0.3, 0.4) is 0 Å². The van der Waals surface area contributed by atoms with Crippen LogP contribution in [0, 0.1) is 6.92 Å². The number of imidazole rings is 1. The fourth-order valence-corrected chi connectivity index (χ4v) is 5.37. The summed E-state index contributed by atoms with van der Waals surface area (Å²) < 4.78 is 29.9. The van der Waals surface area contributed by atoms with Gasteiger partial charge in [-0.3, -0.25) is 0 Å². The SMILES string of the molecule is Cc1nc2ccccc2n1Cc1ccc(CN(C)S(=O)(=O)c2ccc3ccccc3c2)cc1. The highest BCUT2D eigenvalue weighted by molar-refractivity contribution is 7.89. The molecule has 0 saturated heterocycles. The largest absolute Gasteiger partial charge is 0.324 e. The molecule has 0 bridgehead atoms. The normalized spacial score (nSPS) is 12.1. The lowest BCUT2D eigenvalue weighted by Gasteiger charge is -2.18. The van der Waals surface area contributed by atoms with Crippen molar-refractivity contribution in [1.29, 1.82) is 0 Å². The standard InChI is InChI=1S/C27H25N3O2S/c1-20-28-26-9-5-6-10-27(26)30(20)19-22-13-11-21(12-14-22)18-29(2)33(31,32)25-16-15-23-7-3-4-8-24(23)17-25/h3-17H,18-19H2,1-2H3. The van der Waals surface area contributed by atoms with Crippen LogP contribution in [-0.2, 0) is 23.1 Å². The third-order valence-electron chi connectivity index (χ3n) is 6.04. The molecule has 0 N–H and O–H groups in total. The van der Waals surface area contributed by atoms with Gasteiger partial charge in [-0.15, -0.1) is 0 Å². The van der Waals surface area contributed by atoms with Crippen molar-refractivity contribution in [2.75, 3.05) is 7.05 Å². The first kappa shape index (κ1) is 21.4. The molecule has 166 valence electrons. The van der Waals surface area contributed by atoms with E-state index in [-0.39, 0.29) is 0 Å². The Hall–Kier alpha value is -3.48. The van der Waals surface area contributed by atoms with Crippen LogP contribution < -0.4 is 0 Å². The minimum absolute atomic E-state index is 0.308. The number of hydrogen-bond acceptors (Lipinski definition) is 3. The van der Waals surface area contributed by atoms with Crippen LogP contribution in [0.1, 0.15) is 17.0 Å². The van der Waals surface area contributed by atoms with Crippen molar-refractivity contribution in [3.63, 3.8) is 0 Å². The number of fused-ring (bicyclic) bond motifs is 2. The van der Waals surface area contributed by atoms with E-state index in [0.29, 0.717) is 11.4 Å². The molecule has 33 heavy (non-hydrogen) atoms. The van der Waals surface area contributed by atoms with Crippen molar-refractivity contribution in [3.05, 3.63) is 108 Å². The molecule has 0 saturated carbocycles. The molecule has 6 heteroatoms. The molecule has 0 atom stereocenters. The van der Waals surface area contributed by atoms with E-state index >= 15 is 0 Å². The van der Waals surface area contributed by atoms with Crippen LogP contribution in [0.25, 0.3) is 21.8 Å². The van der Waals surface area contributed by atoms with Crippen LogP contribution in [0.4, 0.5) is 0 Å². The molecule has 0 unspecified atom stereocenters. The van der Waals surface area contributed by atoms with Crippen LogP contribution >= 0.6 is 0 Å². The number of hydrogen-bond donors (Lipinski definition) is 0. The van der Waals surface area contributed by atoms with Crippen LogP contribution in [-0.4, -0.2) is 29.3 Å². The Labute approximate surface area is 194 Å². The Bertz CT molecular complexity index is 1550. The summed E-state index contributed by atoms with van der Waals surface area (Å²) >= 11 is 0. The Kier molecular flexibility index (Phi) is 5.48. The summed E-state index contributed by atoms with van der Waals surface area (Å²) in [7, 11) is -1.96. The minimum atomic E-state index is -3.59. The number of aromatic nitrogens is 2. The highest BCUT2D eigenvalue weighted by Crippen LogP contribution is 2.23. The van der Waals surface area contributed by atoms with Gasteiger partial charge in [-0.2, -0.15) is 4.31 Å². The van der Waals surface area contributed by atoms with Gasteiger partial charge in [0.25, 0.3) is 0 Å². The van der Waals surface area contributed by atoms with Gasteiger partial charge in [-0.1, -0.05) is 66.7 Å². The molecule has 0 aliphatic carbocycles. The molecule has 4 aromatic carbocycles. The number of sulfonamides is 1. The molecular weight excluding hydrogens is 430 g/mol. The Morgan fingerprint density at radius 3 is 2.27 bits per heavy atom. The fourth-order valence-electron chi connectivity index (χ4n) is 4.18. The topological polar surface area (TPSA) is 55.2 Å². The first-order valence-corrected chi connectivity index (χ1v) is 12.3. The van der Waals surface area contributed by atoms with E-state index in [9.17, 15) is 8.42 Å². The summed E-state index contributed by atoms with van der Waals surface area (Å²) in [6.07, 6.45) is 0. The van der Waals surface area contributed by atoms with Gasteiger partial charge in [0.05, 0.1) is 15.9 Å². The second-order valence-electron chi connectivity index (χ2n) is 8.32. The van der Waals surface area contributed by atoms with Gasteiger partial charge in [0.1, 0.15) is 5.82 Å². The summed E-state index contributed by atoms with van der Waals surface area (Å²) in [5, 5.41) is 1.94. The lowest BCUT2D eigenvalue weighted by atomic mass is 10.1. The van der Waals surface area contributed by atoms with E-state index in [1.54, 1.807) is 19.2 Å². The number of benzene rings is 4. The predicted octanol–water partition coefficient (Wildman–Crippen LogP) is 5.37. The molecular formula is C27H25N3O2S. The van der Waals surface area contributed by atoms with Crippen molar-refractivity contribution in [3.8, 4) is 0 Å². The van der Waals surface area contributed by atoms with Crippen molar-refractivity contribution in [1.82, 2.24) is 13.9 Å². The molecule has 0 fully saturated rings. The van der Waals surface area contributed by atoms with E-state index in [1.165, 1.54) is 4.31 Å². The highest BCUT2D eigenvalue weighted by Gasteiger charge is 2.21.